The molecule has 2 saturated carbocycles. The highest BCUT2D eigenvalue weighted by atomic mass is 15.2. The normalized spacial score (nSPS) is 33.3. The first kappa shape index (κ1) is 16.3. The second-order valence-electron chi connectivity index (χ2n) is 7.60. The highest BCUT2D eigenvalue weighted by Crippen LogP contribution is 2.34. The number of rotatable bonds is 5. The molecule has 118 valence electrons. The zero-order valence-corrected chi connectivity index (χ0v) is 13.8. The fourth-order valence-electron chi connectivity index (χ4n) is 4.70. The van der Waals surface area contributed by atoms with Crippen LogP contribution in [0, 0.1) is 11.8 Å². The minimum Gasteiger partial charge on any atom is -0.330 e. The molecule has 2 N–H and O–H groups in total. The SMILES string of the molecule is CC1CC(C)CC(N(CCCN)C2CCCCCC2)C1. The highest BCUT2D eigenvalue weighted by Gasteiger charge is 2.32. The Hall–Kier alpha value is -0.0800. The monoisotopic (exact) mass is 280 g/mol. The summed E-state index contributed by atoms with van der Waals surface area (Å²) in [6, 6.07) is 1.69. The molecule has 0 aromatic heterocycles. The van der Waals surface area contributed by atoms with Crippen molar-refractivity contribution in [2.75, 3.05) is 13.1 Å². The van der Waals surface area contributed by atoms with E-state index < -0.39 is 0 Å². The molecule has 2 heteroatoms. The van der Waals surface area contributed by atoms with Crippen molar-refractivity contribution in [3.8, 4) is 0 Å². The molecule has 0 bridgehead atoms. The van der Waals surface area contributed by atoms with Crippen LogP contribution in [0.1, 0.15) is 78.1 Å². The fraction of sp³-hybridized carbons (Fsp3) is 1.00. The summed E-state index contributed by atoms with van der Waals surface area (Å²) in [5.41, 5.74) is 5.79. The Kier molecular flexibility index (Phi) is 6.83. The van der Waals surface area contributed by atoms with E-state index in [1.165, 1.54) is 70.8 Å². The van der Waals surface area contributed by atoms with Gasteiger partial charge in [-0.3, -0.25) is 4.90 Å². The van der Waals surface area contributed by atoms with Crippen molar-refractivity contribution in [2.45, 2.75) is 90.1 Å². The number of hydrogen-bond donors (Lipinski definition) is 1. The van der Waals surface area contributed by atoms with E-state index in [1.807, 2.05) is 0 Å². The van der Waals surface area contributed by atoms with Gasteiger partial charge in [0.1, 0.15) is 0 Å². The molecule has 0 saturated heterocycles. The van der Waals surface area contributed by atoms with E-state index in [4.69, 9.17) is 5.73 Å². The molecule has 0 spiro atoms. The van der Waals surface area contributed by atoms with Crippen LogP contribution >= 0.6 is 0 Å². The molecular formula is C18H36N2. The van der Waals surface area contributed by atoms with Gasteiger partial charge in [-0.25, -0.2) is 0 Å². The predicted octanol–water partition coefficient (Wildman–Crippen LogP) is 4.18. The number of nitrogens with zero attached hydrogens (tertiary/aromatic N) is 1. The standard InChI is InChI=1S/C18H36N2/c1-15-12-16(2)14-18(13-15)20(11-7-10-19)17-8-5-3-4-6-9-17/h15-18H,3-14,19H2,1-2H3. The largest absolute Gasteiger partial charge is 0.330 e. The predicted molar refractivity (Wildman–Crippen MR) is 87.8 cm³/mol. The number of nitrogens with two attached hydrogens (primary N) is 1. The Bertz CT molecular complexity index is 248. The third-order valence-corrected chi connectivity index (χ3v) is 5.54. The third-order valence-electron chi connectivity index (χ3n) is 5.54. The summed E-state index contributed by atoms with van der Waals surface area (Å²) in [7, 11) is 0. The average molecular weight is 280 g/mol. The van der Waals surface area contributed by atoms with Crippen molar-refractivity contribution in [2.24, 2.45) is 17.6 Å². The molecule has 0 radical (unpaired) electrons. The maximum atomic E-state index is 5.79. The second-order valence-corrected chi connectivity index (χ2v) is 7.60. The molecule has 2 aliphatic carbocycles. The summed E-state index contributed by atoms with van der Waals surface area (Å²) in [6.45, 7) is 7.00. The maximum Gasteiger partial charge on any atom is 0.0103 e. The lowest BCUT2D eigenvalue weighted by Crippen LogP contribution is -2.47. The summed E-state index contributed by atoms with van der Waals surface area (Å²) in [6.07, 6.45) is 14.1. The minimum atomic E-state index is 0.836. The molecule has 2 unspecified atom stereocenters. The van der Waals surface area contributed by atoms with Gasteiger partial charge in [0.15, 0.2) is 0 Å². The lowest BCUT2D eigenvalue weighted by atomic mass is 9.79. The van der Waals surface area contributed by atoms with Crippen LogP contribution in [0.15, 0.2) is 0 Å². The second kappa shape index (κ2) is 8.38. The molecule has 20 heavy (non-hydrogen) atoms. The fourth-order valence-corrected chi connectivity index (χ4v) is 4.70. The average Bonchev–Trinajstić information content (AvgIpc) is 2.67. The number of hydrogen-bond acceptors (Lipinski definition) is 2. The smallest absolute Gasteiger partial charge is 0.0103 e. The first-order valence-corrected chi connectivity index (χ1v) is 9.16. The molecule has 0 aliphatic heterocycles. The first-order chi connectivity index (χ1) is 9.70. The van der Waals surface area contributed by atoms with E-state index in [0.717, 1.165) is 30.5 Å². The molecule has 2 rings (SSSR count). The van der Waals surface area contributed by atoms with Gasteiger partial charge in [0.25, 0.3) is 0 Å². The molecular weight excluding hydrogens is 244 g/mol. The Morgan fingerprint density at radius 1 is 0.850 bits per heavy atom. The van der Waals surface area contributed by atoms with E-state index in [1.54, 1.807) is 0 Å². The molecule has 2 fully saturated rings. The molecule has 2 atom stereocenters. The van der Waals surface area contributed by atoms with Crippen LogP contribution in [0.25, 0.3) is 0 Å². The maximum absolute atomic E-state index is 5.79. The van der Waals surface area contributed by atoms with Gasteiger partial charge >= 0.3 is 0 Å². The summed E-state index contributed by atoms with van der Waals surface area (Å²) < 4.78 is 0. The van der Waals surface area contributed by atoms with Crippen LogP contribution in [0.3, 0.4) is 0 Å². The first-order valence-electron chi connectivity index (χ1n) is 9.16. The van der Waals surface area contributed by atoms with Crippen molar-refractivity contribution in [3.05, 3.63) is 0 Å². The Balaban J connectivity index is 2.00. The minimum absolute atomic E-state index is 0.836. The molecule has 0 aromatic carbocycles. The molecule has 2 aliphatic rings. The highest BCUT2D eigenvalue weighted by molar-refractivity contribution is 4.86. The topological polar surface area (TPSA) is 29.3 Å². The van der Waals surface area contributed by atoms with E-state index in [-0.39, 0.29) is 0 Å². The molecule has 0 aromatic rings. The zero-order chi connectivity index (χ0) is 14.4. The van der Waals surface area contributed by atoms with Gasteiger partial charge in [0.2, 0.25) is 0 Å². The molecule has 2 nitrogen and oxygen atoms in total. The van der Waals surface area contributed by atoms with Crippen LogP contribution in [0.5, 0.6) is 0 Å². The van der Waals surface area contributed by atoms with Gasteiger partial charge in [-0.2, -0.15) is 0 Å². The molecule has 0 amide bonds. The van der Waals surface area contributed by atoms with Crippen LogP contribution in [-0.4, -0.2) is 30.1 Å². The van der Waals surface area contributed by atoms with Gasteiger partial charge in [-0.05, 0) is 63.5 Å². The van der Waals surface area contributed by atoms with Crippen LogP contribution in [-0.2, 0) is 0 Å². The van der Waals surface area contributed by atoms with Crippen molar-refractivity contribution < 1.29 is 0 Å². The summed E-state index contributed by atoms with van der Waals surface area (Å²) in [4.78, 5) is 2.89. The van der Waals surface area contributed by atoms with Crippen LogP contribution in [0.4, 0.5) is 0 Å². The van der Waals surface area contributed by atoms with Crippen LogP contribution in [0.2, 0.25) is 0 Å². The molecule has 0 heterocycles. The summed E-state index contributed by atoms with van der Waals surface area (Å²) >= 11 is 0. The van der Waals surface area contributed by atoms with Crippen molar-refractivity contribution in [1.82, 2.24) is 4.90 Å². The lowest BCUT2D eigenvalue weighted by molar-refractivity contribution is 0.0628. The Morgan fingerprint density at radius 3 is 2.00 bits per heavy atom. The summed E-state index contributed by atoms with van der Waals surface area (Å²) in [5, 5.41) is 0. The van der Waals surface area contributed by atoms with Crippen LogP contribution < -0.4 is 5.73 Å². The Labute approximate surface area is 126 Å². The van der Waals surface area contributed by atoms with E-state index in [9.17, 15) is 0 Å². The van der Waals surface area contributed by atoms with Crippen molar-refractivity contribution in [1.29, 1.82) is 0 Å². The van der Waals surface area contributed by atoms with E-state index >= 15 is 0 Å². The van der Waals surface area contributed by atoms with Gasteiger partial charge in [-0.1, -0.05) is 39.5 Å². The Morgan fingerprint density at radius 2 is 1.45 bits per heavy atom. The van der Waals surface area contributed by atoms with E-state index in [2.05, 4.69) is 18.7 Å². The summed E-state index contributed by atoms with van der Waals surface area (Å²) in [5.74, 6) is 1.82. The van der Waals surface area contributed by atoms with Crippen molar-refractivity contribution >= 4 is 0 Å². The quantitative estimate of drug-likeness (QED) is 0.765. The lowest BCUT2D eigenvalue weighted by Gasteiger charge is -2.43. The zero-order valence-electron chi connectivity index (χ0n) is 13.8. The van der Waals surface area contributed by atoms with Gasteiger partial charge < -0.3 is 5.73 Å². The third kappa shape index (κ3) is 4.73. The van der Waals surface area contributed by atoms with E-state index in [0.29, 0.717) is 0 Å². The van der Waals surface area contributed by atoms with Gasteiger partial charge in [0, 0.05) is 12.1 Å². The van der Waals surface area contributed by atoms with Gasteiger partial charge in [0.05, 0.1) is 0 Å². The van der Waals surface area contributed by atoms with Gasteiger partial charge in [-0.15, -0.1) is 0 Å². The van der Waals surface area contributed by atoms with Crippen molar-refractivity contribution in [3.63, 3.8) is 0 Å².